The van der Waals surface area contributed by atoms with E-state index in [1.807, 2.05) is 0 Å². The molecular weight excluding hydrogens is 402 g/mol. The van der Waals surface area contributed by atoms with Gasteiger partial charge in [0, 0.05) is 13.1 Å². The molecule has 2 heterocycles. The second-order valence-electron chi connectivity index (χ2n) is 6.80. The first-order chi connectivity index (χ1) is 13.4. The van der Waals surface area contributed by atoms with Gasteiger partial charge >= 0.3 is 0 Å². The van der Waals surface area contributed by atoms with Crippen molar-refractivity contribution in [3.63, 3.8) is 0 Å². The molecule has 0 bridgehead atoms. The van der Waals surface area contributed by atoms with Crippen molar-refractivity contribution in [1.29, 1.82) is 0 Å². The van der Waals surface area contributed by atoms with Crippen LogP contribution in [0.25, 0.3) is 0 Å². The molecule has 0 radical (unpaired) electrons. The van der Waals surface area contributed by atoms with Gasteiger partial charge in [0.2, 0.25) is 21.8 Å². The van der Waals surface area contributed by atoms with Crippen LogP contribution in [-0.2, 0) is 19.6 Å². The minimum absolute atomic E-state index is 0.0713. The summed E-state index contributed by atoms with van der Waals surface area (Å²) in [6.07, 6.45) is 3.76. The molecule has 2 saturated heterocycles. The van der Waals surface area contributed by atoms with Crippen molar-refractivity contribution in [3.8, 4) is 5.75 Å². The number of nitrogens with one attached hydrogen (secondary N) is 1. The van der Waals surface area contributed by atoms with Crippen LogP contribution >= 0.6 is 11.8 Å². The Morgan fingerprint density at radius 1 is 1.21 bits per heavy atom. The van der Waals surface area contributed by atoms with E-state index in [1.54, 1.807) is 0 Å². The third-order valence-electron chi connectivity index (χ3n) is 4.81. The predicted molar refractivity (Wildman–Crippen MR) is 108 cm³/mol. The minimum Gasteiger partial charge on any atom is -0.495 e. The maximum atomic E-state index is 13.0. The monoisotopic (exact) mass is 427 g/mol. The number of sulfonamides is 1. The molecule has 3 rings (SSSR count). The SMILES string of the molecule is COc1ccc(S(=O)(=O)N2CCCCCC2)cc1NC(=O)CN1CSCC1=O. The number of anilines is 1. The maximum absolute atomic E-state index is 13.0. The number of methoxy groups -OCH3 is 1. The van der Waals surface area contributed by atoms with Gasteiger partial charge in [0.1, 0.15) is 12.3 Å². The van der Waals surface area contributed by atoms with Crippen LogP contribution in [0.2, 0.25) is 0 Å². The zero-order valence-corrected chi connectivity index (χ0v) is 17.5. The molecule has 10 heteroatoms. The zero-order chi connectivity index (χ0) is 20.1. The third-order valence-corrected chi connectivity index (χ3v) is 7.65. The predicted octanol–water partition coefficient (Wildman–Crippen LogP) is 1.73. The highest BCUT2D eigenvalue weighted by atomic mass is 32.2. The minimum atomic E-state index is -3.64. The van der Waals surface area contributed by atoms with Gasteiger partial charge in [-0.15, -0.1) is 11.8 Å². The lowest BCUT2D eigenvalue weighted by Crippen LogP contribution is -2.34. The van der Waals surface area contributed by atoms with Gasteiger partial charge in [-0.3, -0.25) is 9.59 Å². The van der Waals surface area contributed by atoms with Gasteiger partial charge in [-0.05, 0) is 31.0 Å². The van der Waals surface area contributed by atoms with E-state index in [0.29, 0.717) is 30.5 Å². The lowest BCUT2D eigenvalue weighted by atomic mass is 10.2. The van der Waals surface area contributed by atoms with Gasteiger partial charge in [0.15, 0.2) is 0 Å². The Kier molecular flexibility index (Phi) is 6.84. The van der Waals surface area contributed by atoms with Gasteiger partial charge in [0.25, 0.3) is 0 Å². The Bertz CT molecular complexity index is 836. The molecule has 8 nitrogen and oxygen atoms in total. The molecule has 0 unspecified atom stereocenters. The summed E-state index contributed by atoms with van der Waals surface area (Å²) in [6, 6.07) is 4.46. The number of thioether (sulfide) groups is 1. The second kappa shape index (κ2) is 9.15. The molecule has 0 aliphatic carbocycles. The molecule has 0 atom stereocenters. The van der Waals surface area contributed by atoms with Gasteiger partial charge in [0.05, 0.1) is 29.3 Å². The molecular formula is C18H25N3O5S2. The van der Waals surface area contributed by atoms with Crippen LogP contribution < -0.4 is 10.1 Å². The van der Waals surface area contributed by atoms with E-state index in [9.17, 15) is 18.0 Å². The summed E-state index contributed by atoms with van der Waals surface area (Å²) in [5.74, 6) is 0.751. The number of ether oxygens (including phenoxy) is 1. The third kappa shape index (κ3) is 4.79. The van der Waals surface area contributed by atoms with E-state index >= 15 is 0 Å². The van der Waals surface area contributed by atoms with E-state index in [0.717, 1.165) is 25.7 Å². The van der Waals surface area contributed by atoms with Crippen LogP contribution in [0.5, 0.6) is 5.75 Å². The summed E-state index contributed by atoms with van der Waals surface area (Å²) in [4.78, 5) is 25.6. The fourth-order valence-corrected chi connectivity index (χ4v) is 5.73. The molecule has 0 spiro atoms. The number of rotatable bonds is 6. The number of amides is 2. The first-order valence-corrected chi connectivity index (χ1v) is 11.8. The molecule has 0 saturated carbocycles. The number of nitrogens with zero attached hydrogens (tertiary/aromatic N) is 2. The summed E-state index contributed by atoms with van der Waals surface area (Å²) in [7, 11) is -2.19. The molecule has 2 fully saturated rings. The van der Waals surface area contributed by atoms with Crippen molar-refractivity contribution < 1.29 is 22.7 Å². The number of carbonyl (C=O) groups is 2. The topological polar surface area (TPSA) is 96.0 Å². The van der Waals surface area contributed by atoms with Crippen molar-refractivity contribution in [2.45, 2.75) is 30.6 Å². The fraction of sp³-hybridized carbons (Fsp3) is 0.556. The summed E-state index contributed by atoms with van der Waals surface area (Å²) in [5.41, 5.74) is 0.280. The van der Waals surface area contributed by atoms with Crippen LogP contribution in [0.1, 0.15) is 25.7 Å². The summed E-state index contributed by atoms with van der Waals surface area (Å²) < 4.78 is 32.8. The molecule has 0 aromatic heterocycles. The summed E-state index contributed by atoms with van der Waals surface area (Å²) in [5, 5.41) is 2.69. The standard InChI is InChI=1S/C18H25N3O5S2/c1-26-16-7-6-14(28(24,25)21-8-4-2-3-5-9-21)10-15(16)19-17(22)11-20-13-27-12-18(20)23/h6-7,10H,2-5,8-9,11-13H2,1H3,(H,19,22). The smallest absolute Gasteiger partial charge is 0.244 e. The quantitative estimate of drug-likeness (QED) is 0.743. The highest BCUT2D eigenvalue weighted by Crippen LogP contribution is 2.30. The normalized spacial score (nSPS) is 18.8. The van der Waals surface area contributed by atoms with Crippen molar-refractivity contribution in [2.24, 2.45) is 0 Å². The second-order valence-corrected chi connectivity index (χ2v) is 9.69. The van der Waals surface area contributed by atoms with Crippen LogP contribution in [0, 0.1) is 0 Å². The van der Waals surface area contributed by atoms with Gasteiger partial charge in [-0.1, -0.05) is 12.8 Å². The molecule has 2 amide bonds. The Hall–Kier alpha value is -1.78. The average Bonchev–Trinajstić information content (AvgIpc) is 2.91. The van der Waals surface area contributed by atoms with Gasteiger partial charge in [-0.2, -0.15) is 4.31 Å². The van der Waals surface area contributed by atoms with E-state index in [2.05, 4.69) is 5.32 Å². The fourth-order valence-electron chi connectivity index (χ4n) is 3.28. The van der Waals surface area contributed by atoms with Crippen molar-refractivity contribution in [1.82, 2.24) is 9.21 Å². The highest BCUT2D eigenvalue weighted by Gasteiger charge is 2.27. The van der Waals surface area contributed by atoms with Crippen LogP contribution in [-0.4, -0.2) is 67.8 Å². The Morgan fingerprint density at radius 2 is 1.93 bits per heavy atom. The van der Waals surface area contributed by atoms with Crippen molar-refractivity contribution in [2.75, 3.05) is 43.7 Å². The first-order valence-electron chi connectivity index (χ1n) is 9.25. The maximum Gasteiger partial charge on any atom is 0.244 e. The molecule has 1 aromatic rings. The summed E-state index contributed by atoms with van der Waals surface area (Å²) in [6.45, 7) is 0.938. The van der Waals surface area contributed by atoms with Crippen LogP contribution in [0.4, 0.5) is 5.69 Å². The first kappa shape index (κ1) is 20.9. The molecule has 28 heavy (non-hydrogen) atoms. The van der Waals surface area contributed by atoms with E-state index in [4.69, 9.17) is 4.74 Å². The number of hydrogen-bond acceptors (Lipinski definition) is 6. The van der Waals surface area contributed by atoms with E-state index < -0.39 is 15.9 Å². The lowest BCUT2D eigenvalue weighted by Gasteiger charge is -2.21. The lowest BCUT2D eigenvalue weighted by molar-refractivity contribution is -0.130. The highest BCUT2D eigenvalue weighted by molar-refractivity contribution is 8.00. The van der Waals surface area contributed by atoms with Gasteiger partial charge < -0.3 is 15.0 Å². The molecule has 2 aliphatic rings. The van der Waals surface area contributed by atoms with E-state index in [1.165, 1.54) is 46.3 Å². The molecule has 154 valence electrons. The molecule has 1 aromatic carbocycles. The Balaban J connectivity index is 1.79. The number of hydrogen-bond donors (Lipinski definition) is 1. The van der Waals surface area contributed by atoms with E-state index in [-0.39, 0.29) is 23.0 Å². The number of benzene rings is 1. The largest absolute Gasteiger partial charge is 0.495 e. The zero-order valence-electron chi connectivity index (χ0n) is 15.8. The number of carbonyl (C=O) groups excluding carboxylic acids is 2. The molecule has 2 aliphatic heterocycles. The van der Waals surface area contributed by atoms with Crippen LogP contribution in [0.3, 0.4) is 0 Å². The van der Waals surface area contributed by atoms with Crippen molar-refractivity contribution >= 4 is 39.3 Å². The van der Waals surface area contributed by atoms with Crippen molar-refractivity contribution in [3.05, 3.63) is 18.2 Å². The average molecular weight is 428 g/mol. The molecule has 1 N–H and O–H groups in total. The Morgan fingerprint density at radius 3 is 2.54 bits per heavy atom. The van der Waals surface area contributed by atoms with Crippen LogP contribution in [0.15, 0.2) is 23.1 Å². The summed E-state index contributed by atoms with van der Waals surface area (Å²) >= 11 is 1.46. The Labute approximate surface area is 169 Å². The van der Waals surface area contributed by atoms with Gasteiger partial charge in [-0.25, -0.2) is 8.42 Å².